The number of nitrogen functional groups attached to an aromatic ring is 1. The van der Waals surface area contributed by atoms with Gasteiger partial charge in [0.05, 0.1) is 18.4 Å². The molecule has 0 fully saturated rings. The normalized spacial score (nSPS) is 10.5. The van der Waals surface area contributed by atoms with Crippen molar-refractivity contribution in [1.29, 1.82) is 0 Å². The molecule has 1 aromatic heterocycles. The number of nitrogens with two attached hydrogens (primary N) is 1. The molecule has 0 atom stereocenters. The van der Waals surface area contributed by atoms with E-state index in [9.17, 15) is 4.79 Å². The number of carbonyl (C=O) groups excluding carboxylic acids is 1. The molecule has 5 heteroatoms. The number of anilines is 1. The molecule has 0 aliphatic heterocycles. The van der Waals surface area contributed by atoms with Crippen molar-refractivity contribution in [2.24, 2.45) is 0 Å². The van der Waals surface area contributed by atoms with Crippen LogP contribution in [-0.4, -0.2) is 23.8 Å². The Labute approximate surface area is 110 Å². The summed E-state index contributed by atoms with van der Waals surface area (Å²) >= 11 is 1.47. The van der Waals surface area contributed by atoms with E-state index in [0.29, 0.717) is 17.3 Å². The number of carbonyl (C=O) groups is 1. The molecule has 0 aliphatic rings. The summed E-state index contributed by atoms with van der Waals surface area (Å²) in [5.41, 5.74) is 7.73. The zero-order chi connectivity index (χ0) is 13.0. The van der Waals surface area contributed by atoms with Crippen LogP contribution in [0.2, 0.25) is 0 Å². The van der Waals surface area contributed by atoms with Crippen molar-refractivity contribution in [3.63, 3.8) is 0 Å². The summed E-state index contributed by atoms with van der Waals surface area (Å²) in [5, 5.41) is 1.06. The predicted molar refractivity (Wildman–Crippen MR) is 74.3 cm³/mol. The summed E-state index contributed by atoms with van der Waals surface area (Å²) in [6.07, 6.45) is 0. The van der Waals surface area contributed by atoms with Gasteiger partial charge in [-0.2, -0.15) is 0 Å². The number of aromatic nitrogens is 1. The molecule has 4 nitrogen and oxygen atoms in total. The van der Waals surface area contributed by atoms with E-state index in [1.54, 1.807) is 0 Å². The molecule has 0 radical (unpaired) electrons. The number of hydrogen-bond acceptors (Lipinski definition) is 5. The highest BCUT2D eigenvalue weighted by molar-refractivity contribution is 7.99. The van der Waals surface area contributed by atoms with Gasteiger partial charge in [0.15, 0.2) is 0 Å². The number of thioether (sulfide) groups is 1. The molecule has 0 saturated heterocycles. The maximum atomic E-state index is 11.0. The van der Waals surface area contributed by atoms with E-state index in [2.05, 4.69) is 9.72 Å². The molecule has 1 heterocycles. The third-order valence-corrected chi connectivity index (χ3v) is 3.50. The number of nitrogens with zero attached hydrogens (tertiary/aromatic N) is 1. The number of fused-ring (bicyclic) bond motifs is 1. The minimum absolute atomic E-state index is 0.229. The Morgan fingerprint density at radius 1 is 1.44 bits per heavy atom. The molecule has 2 rings (SSSR count). The lowest BCUT2D eigenvalue weighted by Crippen LogP contribution is -2.04. The van der Waals surface area contributed by atoms with Crippen LogP contribution in [0, 0.1) is 0 Å². The number of rotatable bonds is 4. The van der Waals surface area contributed by atoms with E-state index in [0.717, 1.165) is 16.5 Å². The van der Waals surface area contributed by atoms with Gasteiger partial charge in [0.1, 0.15) is 5.82 Å². The highest BCUT2D eigenvalue weighted by Crippen LogP contribution is 2.22. The van der Waals surface area contributed by atoms with Gasteiger partial charge >= 0.3 is 5.97 Å². The fourth-order valence-electron chi connectivity index (χ4n) is 1.59. The van der Waals surface area contributed by atoms with Crippen LogP contribution in [0.4, 0.5) is 5.82 Å². The van der Waals surface area contributed by atoms with E-state index in [4.69, 9.17) is 5.73 Å². The minimum Gasteiger partial charge on any atom is -0.468 e. The van der Waals surface area contributed by atoms with Crippen molar-refractivity contribution in [2.75, 3.05) is 18.6 Å². The second kappa shape index (κ2) is 5.73. The van der Waals surface area contributed by atoms with Crippen molar-refractivity contribution < 1.29 is 9.53 Å². The molecule has 0 aliphatic carbocycles. The minimum atomic E-state index is -0.229. The maximum absolute atomic E-state index is 11.0. The second-order valence-corrected chi connectivity index (χ2v) is 4.78. The quantitative estimate of drug-likeness (QED) is 0.856. The fourth-order valence-corrected chi connectivity index (χ4v) is 2.43. The zero-order valence-corrected chi connectivity index (χ0v) is 10.9. The summed E-state index contributed by atoms with van der Waals surface area (Å²) in [6.45, 7) is 0. The molecule has 0 unspecified atom stereocenters. The average molecular weight is 262 g/mol. The Kier molecular flexibility index (Phi) is 4.04. The van der Waals surface area contributed by atoms with Gasteiger partial charge in [0, 0.05) is 16.7 Å². The van der Waals surface area contributed by atoms with Crippen LogP contribution in [0.5, 0.6) is 0 Å². The zero-order valence-electron chi connectivity index (χ0n) is 10.1. The highest BCUT2D eigenvalue weighted by atomic mass is 32.2. The standard InChI is InChI=1S/C13H14N2O2S/c1-17-12(16)8-18-7-10-6-9-4-2-3-5-11(9)15-13(10)14/h2-6H,7-8H2,1H3,(H2,14,15). The second-order valence-electron chi connectivity index (χ2n) is 3.79. The van der Waals surface area contributed by atoms with Gasteiger partial charge in [0.25, 0.3) is 0 Å². The van der Waals surface area contributed by atoms with Crippen molar-refractivity contribution in [2.45, 2.75) is 5.75 Å². The lowest BCUT2D eigenvalue weighted by molar-refractivity contribution is -0.137. The smallest absolute Gasteiger partial charge is 0.315 e. The van der Waals surface area contributed by atoms with E-state index >= 15 is 0 Å². The Hall–Kier alpha value is -1.75. The first-order valence-corrected chi connectivity index (χ1v) is 6.65. The number of esters is 1. The SMILES string of the molecule is COC(=O)CSCc1cc2ccccc2nc1N. The third-order valence-electron chi connectivity index (χ3n) is 2.54. The predicted octanol–water partition coefficient (Wildman–Crippen LogP) is 2.22. The summed E-state index contributed by atoms with van der Waals surface area (Å²) in [6, 6.07) is 9.83. The number of hydrogen-bond donors (Lipinski definition) is 1. The maximum Gasteiger partial charge on any atom is 0.315 e. The topological polar surface area (TPSA) is 65.2 Å². The number of pyridine rings is 1. The van der Waals surface area contributed by atoms with E-state index < -0.39 is 0 Å². The van der Waals surface area contributed by atoms with Crippen LogP contribution in [0.3, 0.4) is 0 Å². The molecule has 0 saturated carbocycles. The highest BCUT2D eigenvalue weighted by Gasteiger charge is 2.06. The molecule has 0 amide bonds. The van der Waals surface area contributed by atoms with Crippen LogP contribution in [0.1, 0.15) is 5.56 Å². The van der Waals surface area contributed by atoms with Gasteiger partial charge in [-0.3, -0.25) is 4.79 Å². The third kappa shape index (κ3) is 2.92. The van der Waals surface area contributed by atoms with Gasteiger partial charge in [-0.25, -0.2) is 4.98 Å². The molecule has 0 bridgehead atoms. The van der Waals surface area contributed by atoms with E-state index in [1.165, 1.54) is 18.9 Å². The fraction of sp³-hybridized carbons (Fsp3) is 0.231. The van der Waals surface area contributed by atoms with Gasteiger partial charge in [-0.15, -0.1) is 11.8 Å². The number of methoxy groups -OCH3 is 1. The molecule has 0 spiro atoms. The summed E-state index contributed by atoms with van der Waals surface area (Å²) in [5.74, 6) is 1.26. The van der Waals surface area contributed by atoms with Gasteiger partial charge in [-0.1, -0.05) is 18.2 Å². The van der Waals surface area contributed by atoms with Crippen molar-refractivity contribution in [3.8, 4) is 0 Å². The van der Waals surface area contributed by atoms with Crippen molar-refractivity contribution in [3.05, 3.63) is 35.9 Å². The lowest BCUT2D eigenvalue weighted by atomic mass is 10.1. The molecular weight excluding hydrogens is 248 g/mol. The number of ether oxygens (including phenoxy) is 1. The van der Waals surface area contributed by atoms with Crippen LogP contribution < -0.4 is 5.73 Å². The average Bonchev–Trinajstić information content (AvgIpc) is 2.39. The summed E-state index contributed by atoms with van der Waals surface area (Å²) < 4.78 is 4.58. The Morgan fingerprint density at radius 3 is 3.00 bits per heavy atom. The van der Waals surface area contributed by atoms with Gasteiger partial charge in [-0.05, 0) is 12.1 Å². The van der Waals surface area contributed by atoms with Crippen LogP contribution in [-0.2, 0) is 15.3 Å². The Morgan fingerprint density at radius 2 is 2.22 bits per heavy atom. The summed E-state index contributed by atoms with van der Waals surface area (Å²) in [4.78, 5) is 15.4. The molecule has 2 N–H and O–H groups in total. The van der Waals surface area contributed by atoms with Crippen molar-refractivity contribution >= 4 is 34.5 Å². The monoisotopic (exact) mass is 262 g/mol. The van der Waals surface area contributed by atoms with Crippen LogP contribution in [0.25, 0.3) is 10.9 Å². The largest absolute Gasteiger partial charge is 0.468 e. The summed E-state index contributed by atoms with van der Waals surface area (Å²) in [7, 11) is 1.38. The van der Waals surface area contributed by atoms with Gasteiger partial charge < -0.3 is 10.5 Å². The van der Waals surface area contributed by atoms with Crippen LogP contribution >= 0.6 is 11.8 Å². The molecule has 2 aromatic rings. The first-order chi connectivity index (χ1) is 8.70. The first kappa shape index (κ1) is 12.7. The molecule has 1 aromatic carbocycles. The lowest BCUT2D eigenvalue weighted by Gasteiger charge is -2.06. The van der Waals surface area contributed by atoms with Crippen LogP contribution in [0.15, 0.2) is 30.3 Å². The molecule has 94 valence electrons. The van der Waals surface area contributed by atoms with Crippen molar-refractivity contribution in [1.82, 2.24) is 4.98 Å². The van der Waals surface area contributed by atoms with Gasteiger partial charge in [0.2, 0.25) is 0 Å². The van der Waals surface area contributed by atoms with E-state index in [-0.39, 0.29) is 5.97 Å². The Balaban J connectivity index is 2.13. The Bertz CT molecular complexity index is 572. The number of para-hydroxylation sites is 1. The molecule has 18 heavy (non-hydrogen) atoms. The van der Waals surface area contributed by atoms with E-state index in [1.807, 2.05) is 30.3 Å². The molecular formula is C13H14N2O2S. The first-order valence-electron chi connectivity index (χ1n) is 5.49. The number of benzene rings is 1.